The van der Waals surface area contributed by atoms with Crippen LogP contribution in [0.25, 0.3) is 0 Å². The monoisotopic (exact) mass is 295 g/mol. The number of hydrogen-bond acceptors (Lipinski definition) is 2. The Labute approximate surface area is 126 Å². The molecule has 0 aliphatic rings. The van der Waals surface area contributed by atoms with Gasteiger partial charge in [0.1, 0.15) is 0 Å². The van der Waals surface area contributed by atoms with E-state index in [0.29, 0.717) is 11.7 Å². The zero-order valence-corrected chi connectivity index (χ0v) is 14.3. The summed E-state index contributed by atoms with van der Waals surface area (Å²) in [6, 6.07) is 8.72. The van der Waals surface area contributed by atoms with Gasteiger partial charge in [0.2, 0.25) is 0 Å². The highest BCUT2D eigenvalue weighted by Crippen LogP contribution is 2.19. The van der Waals surface area contributed by atoms with Gasteiger partial charge >= 0.3 is 0 Å². The summed E-state index contributed by atoms with van der Waals surface area (Å²) in [4.78, 5) is 0. The van der Waals surface area contributed by atoms with Gasteiger partial charge in [0.25, 0.3) is 0 Å². The normalized spacial score (nSPS) is 16.1. The lowest BCUT2D eigenvalue weighted by molar-refractivity contribution is 0.558. The van der Waals surface area contributed by atoms with Crippen molar-refractivity contribution < 1.29 is 4.21 Å². The van der Waals surface area contributed by atoms with Crippen molar-refractivity contribution in [3.8, 4) is 0 Å². The van der Waals surface area contributed by atoms with E-state index in [9.17, 15) is 4.21 Å². The van der Waals surface area contributed by atoms with Crippen molar-refractivity contribution >= 4 is 10.8 Å². The average molecular weight is 295 g/mol. The predicted molar refractivity (Wildman–Crippen MR) is 89.5 cm³/mol. The zero-order valence-electron chi connectivity index (χ0n) is 13.5. The molecule has 0 amide bonds. The van der Waals surface area contributed by atoms with Crippen molar-refractivity contribution in [3.05, 3.63) is 35.4 Å². The van der Waals surface area contributed by atoms with Gasteiger partial charge in [-0.05, 0) is 31.4 Å². The van der Waals surface area contributed by atoms with Gasteiger partial charge in [0.15, 0.2) is 0 Å². The van der Waals surface area contributed by atoms with Crippen molar-refractivity contribution in [2.75, 3.05) is 12.3 Å². The maximum absolute atomic E-state index is 12.5. The Hall–Kier alpha value is -0.670. The van der Waals surface area contributed by atoms with Gasteiger partial charge in [-0.1, -0.05) is 57.5 Å². The third kappa shape index (κ3) is 5.37. The number of hydrogen-bond donors (Lipinski definition) is 1. The first-order valence-electron chi connectivity index (χ1n) is 7.62. The lowest BCUT2D eigenvalue weighted by Gasteiger charge is -2.22. The van der Waals surface area contributed by atoms with Crippen molar-refractivity contribution in [1.29, 1.82) is 0 Å². The lowest BCUT2D eigenvalue weighted by atomic mass is 10.1. The number of aryl methyl sites for hydroxylation is 1. The van der Waals surface area contributed by atoms with Crippen LogP contribution in [0.3, 0.4) is 0 Å². The van der Waals surface area contributed by atoms with Gasteiger partial charge in [-0.3, -0.25) is 4.21 Å². The Morgan fingerprint density at radius 3 is 2.50 bits per heavy atom. The molecule has 0 spiro atoms. The fraction of sp³-hybridized carbons (Fsp3) is 0.647. The van der Waals surface area contributed by atoms with Gasteiger partial charge in [0, 0.05) is 27.8 Å². The molecule has 0 aromatic heterocycles. The summed E-state index contributed by atoms with van der Waals surface area (Å²) in [5.74, 6) is 1.16. The van der Waals surface area contributed by atoms with Crippen LogP contribution in [-0.4, -0.2) is 21.8 Å². The first-order chi connectivity index (χ1) is 9.45. The molecule has 1 aromatic carbocycles. The van der Waals surface area contributed by atoms with E-state index < -0.39 is 10.8 Å². The maximum Gasteiger partial charge on any atom is 0.0437 e. The molecule has 0 fully saturated rings. The topological polar surface area (TPSA) is 29.1 Å². The first-order valence-corrected chi connectivity index (χ1v) is 9.01. The standard InChI is InChI=1S/C17H29NOS/c1-6-10-18-17(12-20(19)15(5)13(2)3)16-9-7-8-14(4)11-16/h7-9,11,13,15,17-18H,6,10,12H2,1-5H3. The third-order valence-corrected chi connectivity index (χ3v) is 5.81. The molecule has 0 aliphatic heterocycles. The van der Waals surface area contributed by atoms with Crippen LogP contribution in [0.1, 0.15) is 51.3 Å². The van der Waals surface area contributed by atoms with Crippen LogP contribution in [-0.2, 0) is 10.8 Å². The smallest absolute Gasteiger partial charge is 0.0437 e. The number of benzene rings is 1. The molecule has 0 saturated heterocycles. The van der Waals surface area contributed by atoms with Crippen molar-refractivity contribution in [3.63, 3.8) is 0 Å². The summed E-state index contributed by atoms with van der Waals surface area (Å²) < 4.78 is 12.5. The largest absolute Gasteiger partial charge is 0.309 e. The summed E-state index contributed by atoms with van der Waals surface area (Å²) in [6.07, 6.45) is 1.09. The molecule has 3 heteroatoms. The molecule has 1 aromatic rings. The van der Waals surface area contributed by atoms with Crippen molar-refractivity contribution in [2.45, 2.75) is 52.3 Å². The lowest BCUT2D eigenvalue weighted by Crippen LogP contribution is -2.31. The molecular weight excluding hydrogens is 266 g/mol. The zero-order chi connectivity index (χ0) is 15.1. The van der Waals surface area contributed by atoms with Crippen LogP contribution in [0.15, 0.2) is 24.3 Å². The van der Waals surface area contributed by atoms with Crippen LogP contribution in [0.4, 0.5) is 0 Å². The van der Waals surface area contributed by atoms with Gasteiger partial charge in [-0.25, -0.2) is 0 Å². The van der Waals surface area contributed by atoms with Gasteiger partial charge in [0.05, 0.1) is 0 Å². The Balaban J connectivity index is 2.82. The number of nitrogens with one attached hydrogen (secondary N) is 1. The molecule has 20 heavy (non-hydrogen) atoms. The summed E-state index contributed by atoms with van der Waals surface area (Å²) in [7, 11) is -0.798. The fourth-order valence-electron chi connectivity index (χ4n) is 2.10. The molecule has 3 unspecified atom stereocenters. The minimum Gasteiger partial charge on any atom is -0.309 e. The summed E-state index contributed by atoms with van der Waals surface area (Å²) in [5, 5.41) is 3.79. The van der Waals surface area contributed by atoms with E-state index in [1.165, 1.54) is 11.1 Å². The van der Waals surface area contributed by atoms with Gasteiger partial charge < -0.3 is 5.32 Å². The maximum atomic E-state index is 12.5. The molecule has 0 heterocycles. The van der Waals surface area contributed by atoms with Crippen LogP contribution in [0, 0.1) is 12.8 Å². The molecule has 1 rings (SSSR count). The highest BCUT2D eigenvalue weighted by Gasteiger charge is 2.20. The van der Waals surface area contributed by atoms with E-state index in [0.717, 1.165) is 13.0 Å². The van der Waals surface area contributed by atoms with E-state index >= 15 is 0 Å². The minimum absolute atomic E-state index is 0.192. The Kier molecular flexibility index (Phi) is 7.46. The van der Waals surface area contributed by atoms with Crippen molar-refractivity contribution in [2.24, 2.45) is 5.92 Å². The molecule has 2 nitrogen and oxygen atoms in total. The fourth-order valence-corrected chi connectivity index (χ4v) is 3.65. The van der Waals surface area contributed by atoms with Crippen LogP contribution < -0.4 is 5.32 Å². The minimum atomic E-state index is -0.798. The summed E-state index contributed by atoms with van der Waals surface area (Å²) in [5.41, 5.74) is 2.51. The second-order valence-electron chi connectivity index (χ2n) is 5.92. The van der Waals surface area contributed by atoms with E-state index in [1.54, 1.807) is 0 Å². The second kappa shape index (κ2) is 8.58. The molecule has 0 radical (unpaired) electrons. The second-order valence-corrected chi connectivity index (χ2v) is 7.76. The van der Waals surface area contributed by atoms with Gasteiger partial charge in [-0.2, -0.15) is 0 Å². The molecular formula is C17H29NOS. The molecule has 3 atom stereocenters. The summed E-state index contributed by atoms with van der Waals surface area (Å²) in [6.45, 7) is 11.6. The van der Waals surface area contributed by atoms with E-state index in [2.05, 4.69) is 64.2 Å². The van der Waals surface area contributed by atoms with E-state index in [1.807, 2.05) is 0 Å². The molecule has 1 N–H and O–H groups in total. The van der Waals surface area contributed by atoms with Crippen molar-refractivity contribution in [1.82, 2.24) is 5.32 Å². The van der Waals surface area contributed by atoms with Crippen LogP contribution in [0.5, 0.6) is 0 Å². The van der Waals surface area contributed by atoms with Crippen LogP contribution in [0.2, 0.25) is 0 Å². The predicted octanol–water partition coefficient (Wildman–Crippen LogP) is 3.83. The average Bonchev–Trinajstić information content (AvgIpc) is 2.42. The molecule has 0 saturated carbocycles. The third-order valence-electron chi connectivity index (χ3n) is 3.77. The number of rotatable bonds is 8. The quantitative estimate of drug-likeness (QED) is 0.790. The van der Waals surface area contributed by atoms with E-state index in [-0.39, 0.29) is 11.3 Å². The summed E-state index contributed by atoms with van der Waals surface area (Å²) >= 11 is 0. The highest BCUT2D eigenvalue weighted by molar-refractivity contribution is 7.85. The van der Waals surface area contributed by atoms with Crippen LogP contribution >= 0.6 is 0 Å². The molecule has 0 aliphatic carbocycles. The molecule has 114 valence electrons. The highest BCUT2D eigenvalue weighted by atomic mass is 32.2. The van der Waals surface area contributed by atoms with Gasteiger partial charge in [-0.15, -0.1) is 0 Å². The Bertz CT molecular complexity index is 431. The molecule has 0 bridgehead atoms. The first kappa shape index (κ1) is 17.4. The SMILES string of the molecule is CCCNC(CS(=O)C(C)C(C)C)c1cccc(C)c1. The van der Waals surface area contributed by atoms with E-state index in [4.69, 9.17) is 0 Å². The Morgan fingerprint density at radius 2 is 1.95 bits per heavy atom. The Morgan fingerprint density at radius 1 is 1.25 bits per heavy atom.